The number of halogens is 4. The van der Waals surface area contributed by atoms with Crippen LogP contribution in [0.3, 0.4) is 0 Å². The highest BCUT2D eigenvalue weighted by atomic mass is 35.5. The van der Waals surface area contributed by atoms with Gasteiger partial charge in [0.05, 0.1) is 0 Å². The number of nitrogens with two attached hydrogens (primary N) is 4. The lowest BCUT2D eigenvalue weighted by Crippen LogP contribution is -2.65. The number of rotatable bonds is 2. The van der Waals surface area contributed by atoms with E-state index in [1.54, 1.807) is 24.3 Å². The number of anilines is 2. The van der Waals surface area contributed by atoms with Gasteiger partial charge in [-0.05, 0) is 74.2 Å². The van der Waals surface area contributed by atoms with Crippen LogP contribution in [0, 0.1) is 0 Å². The third-order valence-electron chi connectivity index (χ3n) is 6.42. The molecule has 2 aromatic carbocycles. The van der Waals surface area contributed by atoms with Gasteiger partial charge in [0.15, 0.2) is 0 Å². The lowest BCUT2D eigenvalue weighted by Gasteiger charge is -2.52. The second kappa shape index (κ2) is 10.2. The minimum atomic E-state index is -0.742. The number of guanidine groups is 4. The van der Waals surface area contributed by atoms with E-state index in [1.807, 2.05) is 34.1 Å². The molecule has 2 spiro atoms. The zero-order chi connectivity index (χ0) is 24.1. The monoisotopic (exact) mass is 570 g/mol. The summed E-state index contributed by atoms with van der Waals surface area (Å²) >= 11 is 12.2. The summed E-state index contributed by atoms with van der Waals surface area (Å²) < 4.78 is 0. The largest absolute Gasteiger partial charge is 0.369 e. The van der Waals surface area contributed by atoms with Crippen molar-refractivity contribution in [2.45, 2.75) is 37.0 Å². The highest BCUT2D eigenvalue weighted by Gasteiger charge is 2.53. The molecule has 2 heterocycles. The SMILES string of the molecule is Cl.Cl.NC1=NC2(CCC3(CC2)N=C(N)N=C(N)N3c2ccc(Cl)cc2)N(c2ccc(Cl)cc2)C(N)=N1. The van der Waals surface area contributed by atoms with E-state index in [1.165, 1.54) is 0 Å². The van der Waals surface area contributed by atoms with Crippen molar-refractivity contribution in [1.82, 2.24) is 0 Å². The second-order valence-electron chi connectivity index (χ2n) is 8.47. The fraction of sp³-hybridized carbons (Fsp3) is 0.273. The van der Waals surface area contributed by atoms with Crippen LogP contribution in [-0.4, -0.2) is 35.2 Å². The Morgan fingerprint density at radius 1 is 0.583 bits per heavy atom. The standard InChI is InChI=1S/C22H24Cl2N10.2ClH/c23-13-1-5-15(6-2-13)33-19(27)29-17(25)31-21(33)9-11-22(12-10-21)32-18(26)30-20(28)34(22)16-7-3-14(24)4-8-16;;/h1-8H,9-12H2,(H4,25,27,29,31)(H4,26,28,30,32);2*1H. The molecule has 3 aliphatic rings. The predicted molar refractivity (Wildman–Crippen MR) is 153 cm³/mol. The summed E-state index contributed by atoms with van der Waals surface area (Å²) in [5.41, 5.74) is 25.0. The number of aliphatic imine (C=N–C) groups is 4. The summed E-state index contributed by atoms with van der Waals surface area (Å²) in [5, 5.41) is 1.24. The van der Waals surface area contributed by atoms with Crippen LogP contribution in [0.5, 0.6) is 0 Å². The molecular formula is C22H26Cl4N10. The molecule has 2 aliphatic heterocycles. The molecule has 192 valence electrons. The summed E-state index contributed by atoms with van der Waals surface area (Å²) in [5.74, 6) is 0.822. The topological polar surface area (TPSA) is 160 Å². The molecule has 0 amide bonds. The van der Waals surface area contributed by atoms with Gasteiger partial charge in [-0.2, -0.15) is 9.98 Å². The Hall–Kier alpha value is -2.92. The fourth-order valence-corrected chi connectivity index (χ4v) is 5.24. The maximum absolute atomic E-state index is 6.36. The molecule has 0 saturated heterocycles. The molecule has 0 aromatic heterocycles. The van der Waals surface area contributed by atoms with Gasteiger partial charge in [0.25, 0.3) is 0 Å². The van der Waals surface area contributed by atoms with Crippen LogP contribution in [0.15, 0.2) is 68.5 Å². The second-order valence-corrected chi connectivity index (χ2v) is 9.34. The summed E-state index contributed by atoms with van der Waals surface area (Å²) in [6, 6.07) is 14.7. The average molecular weight is 572 g/mol. The number of hydrogen-bond donors (Lipinski definition) is 4. The van der Waals surface area contributed by atoms with Crippen molar-refractivity contribution >= 4 is 83.2 Å². The number of hydrogen-bond acceptors (Lipinski definition) is 10. The Morgan fingerprint density at radius 2 is 0.889 bits per heavy atom. The molecule has 5 rings (SSSR count). The van der Waals surface area contributed by atoms with E-state index in [4.69, 9.17) is 56.1 Å². The van der Waals surface area contributed by atoms with E-state index in [0.29, 0.717) is 35.7 Å². The lowest BCUT2D eigenvalue weighted by atomic mass is 9.79. The van der Waals surface area contributed by atoms with Gasteiger partial charge in [0.2, 0.25) is 23.8 Å². The molecule has 1 aliphatic carbocycles. The molecule has 1 saturated carbocycles. The van der Waals surface area contributed by atoms with Crippen LogP contribution in [0.1, 0.15) is 25.7 Å². The molecule has 36 heavy (non-hydrogen) atoms. The molecule has 2 aromatic rings. The van der Waals surface area contributed by atoms with Crippen molar-refractivity contribution in [3.8, 4) is 0 Å². The maximum atomic E-state index is 6.36. The minimum absolute atomic E-state index is 0. The fourth-order valence-electron chi connectivity index (χ4n) is 4.98. The Balaban J connectivity index is 0.00000180. The van der Waals surface area contributed by atoms with E-state index < -0.39 is 11.3 Å². The van der Waals surface area contributed by atoms with Gasteiger partial charge in [-0.1, -0.05) is 23.2 Å². The average Bonchev–Trinajstić information content (AvgIpc) is 2.78. The molecule has 14 heteroatoms. The molecule has 1 fully saturated rings. The molecule has 10 nitrogen and oxygen atoms in total. The van der Waals surface area contributed by atoms with E-state index in [9.17, 15) is 0 Å². The van der Waals surface area contributed by atoms with E-state index in [0.717, 1.165) is 11.4 Å². The third kappa shape index (κ3) is 4.73. The normalized spacial score (nSPS) is 25.3. The number of benzene rings is 2. The first-order chi connectivity index (χ1) is 16.2. The quantitative estimate of drug-likeness (QED) is 0.432. The molecule has 0 radical (unpaired) electrons. The molecule has 0 unspecified atom stereocenters. The van der Waals surface area contributed by atoms with Gasteiger partial charge in [-0.25, -0.2) is 9.98 Å². The van der Waals surface area contributed by atoms with Crippen LogP contribution in [0.2, 0.25) is 10.0 Å². The lowest BCUT2D eigenvalue weighted by molar-refractivity contribution is 0.213. The van der Waals surface area contributed by atoms with E-state index in [2.05, 4.69) is 9.98 Å². The maximum Gasteiger partial charge on any atom is 0.220 e. The first-order valence-corrected chi connectivity index (χ1v) is 11.5. The van der Waals surface area contributed by atoms with Gasteiger partial charge in [-0.15, -0.1) is 24.8 Å². The van der Waals surface area contributed by atoms with E-state index in [-0.39, 0.29) is 48.7 Å². The zero-order valence-corrected chi connectivity index (χ0v) is 22.2. The van der Waals surface area contributed by atoms with Crippen LogP contribution in [-0.2, 0) is 0 Å². The zero-order valence-electron chi connectivity index (χ0n) is 19.0. The van der Waals surface area contributed by atoms with Gasteiger partial charge in [-0.3, -0.25) is 9.80 Å². The van der Waals surface area contributed by atoms with E-state index >= 15 is 0 Å². The van der Waals surface area contributed by atoms with Gasteiger partial charge < -0.3 is 22.9 Å². The van der Waals surface area contributed by atoms with Crippen molar-refractivity contribution in [1.29, 1.82) is 0 Å². The van der Waals surface area contributed by atoms with Crippen molar-refractivity contribution in [3.63, 3.8) is 0 Å². The molecule has 0 atom stereocenters. The Morgan fingerprint density at radius 3 is 1.19 bits per heavy atom. The number of nitrogens with zero attached hydrogens (tertiary/aromatic N) is 6. The Bertz CT molecular complexity index is 1130. The first-order valence-electron chi connectivity index (χ1n) is 10.7. The third-order valence-corrected chi connectivity index (χ3v) is 6.92. The minimum Gasteiger partial charge on any atom is -0.369 e. The summed E-state index contributed by atoms with van der Waals surface area (Å²) in [4.78, 5) is 21.8. The summed E-state index contributed by atoms with van der Waals surface area (Å²) in [7, 11) is 0. The van der Waals surface area contributed by atoms with Crippen LogP contribution in [0.4, 0.5) is 11.4 Å². The van der Waals surface area contributed by atoms with Crippen LogP contribution < -0.4 is 32.7 Å². The Labute approximate surface area is 230 Å². The summed E-state index contributed by atoms with van der Waals surface area (Å²) in [6.45, 7) is 0. The van der Waals surface area contributed by atoms with Crippen molar-refractivity contribution < 1.29 is 0 Å². The predicted octanol–water partition coefficient (Wildman–Crippen LogP) is 3.40. The van der Waals surface area contributed by atoms with Crippen molar-refractivity contribution in [2.75, 3.05) is 9.80 Å². The molecule has 8 N–H and O–H groups in total. The molecule has 0 bridgehead atoms. The van der Waals surface area contributed by atoms with Gasteiger partial charge in [0, 0.05) is 21.4 Å². The van der Waals surface area contributed by atoms with Gasteiger partial charge in [0.1, 0.15) is 11.3 Å². The van der Waals surface area contributed by atoms with Crippen molar-refractivity contribution in [3.05, 3.63) is 58.6 Å². The van der Waals surface area contributed by atoms with Gasteiger partial charge >= 0.3 is 0 Å². The van der Waals surface area contributed by atoms with Crippen LogP contribution >= 0.6 is 48.0 Å². The molecular weight excluding hydrogens is 546 g/mol. The smallest absolute Gasteiger partial charge is 0.220 e. The highest BCUT2D eigenvalue weighted by molar-refractivity contribution is 6.31. The first kappa shape index (κ1) is 27.7. The summed E-state index contributed by atoms with van der Waals surface area (Å²) in [6.07, 6.45) is 2.22. The van der Waals surface area contributed by atoms with Crippen LogP contribution in [0.25, 0.3) is 0 Å². The highest BCUT2D eigenvalue weighted by Crippen LogP contribution is 2.47. The van der Waals surface area contributed by atoms with Crippen molar-refractivity contribution in [2.24, 2.45) is 42.9 Å². The Kier molecular flexibility index (Phi) is 7.85.